The maximum absolute atomic E-state index is 11.1. The zero-order valence-electron chi connectivity index (χ0n) is 20.6. The summed E-state index contributed by atoms with van der Waals surface area (Å²) in [5, 5.41) is 0. The van der Waals surface area contributed by atoms with Crippen LogP contribution < -0.4 is 0 Å². The molecule has 0 aliphatic rings. The highest BCUT2D eigenvalue weighted by molar-refractivity contribution is 5.70. The van der Waals surface area contributed by atoms with Crippen molar-refractivity contribution in [2.45, 2.75) is 13.3 Å². The fraction of sp³-hybridized carbons (Fsp3) is 0.909. The van der Waals surface area contributed by atoms with E-state index in [-0.39, 0.29) is 19.0 Å². The summed E-state index contributed by atoms with van der Waals surface area (Å²) in [4.78, 5) is 21.9. The molecule has 0 aromatic carbocycles. The van der Waals surface area contributed by atoms with Gasteiger partial charge in [-0.05, 0) is 6.92 Å². The minimum atomic E-state index is -0.410. The van der Waals surface area contributed by atoms with Gasteiger partial charge in [-0.1, -0.05) is 0 Å². The monoisotopic (exact) mass is 498 g/mol. The first kappa shape index (κ1) is 32.6. The lowest BCUT2D eigenvalue weighted by atomic mass is 10.5. The predicted octanol–water partition coefficient (Wildman–Crippen LogP) is 0.245. The summed E-state index contributed by atoms with van der Waals surface area (Å²) in [6, 6.07) is 0. The molecule has 0 heterocycles. The van der Waals surface area contributed by atoms with E-state index in [0.29, 0.717) is 106 Å². The first-order valence-electron chi connectivity index (χ1n) is 11.5. The van der Waals surface area contributed by atoms with E-state index in [2.05, 4.69) is 4.74 Å². The summed E-state index contributed by atoms with van der Waals surface area (Å²) in [5.74, 6) is -0.664. The van der Waals surface area contributed by atoms with Gasteiger partial charge in [-0.3, -0.25) is 4.79 Å². The molecular formula is C22H42O12. The van der Waals surface area contributed by atoms with Crippen LogP contribution in [0.5, 0.6) is 0 Å². The Morgan fingerprint density at radius 1 is 0.471 bits per heavy atom. The van der Waals surface area contributed by atoms with Crippen LogP contribution in [0, 0.1) is 0 Å². The second-order valence-corrected chi connectivity index (χ2v) is 6.47. The Morgan fingerprint density at radius 2 is 0.794 bits per heavy atom. The summed E-state index contributed by atoms with van der Waals surface area (Å²) in [6.45, 7) is 8.74. The Labute approximate surface area is 202 Å². The molecule has 0 unspecified atom stereocenters. The van der Waals surface area contributed by atoms with Crippen molar-refractivity contribution in [1.82, 2.24) is 0 Å². The molecule has 34 heavy (non-hydrogen) atoms. The van der Waals surface area contributed by atoms with E-state index in [0.717, 1.165) is 0 Å². The molecule has 0 spiro atoms. The van der Waals surface area contributed by atoms with Gasteiger partial charge in [0.15, 0.2) is 0 Å². The van der Waals surface area contributed by atoms with Crippen LogP contribution in [0.15, 0.2) is 0 Å². The van der Waals surface area contributed by atoms with Crippen LogP contribution in [0.2, 0.25) is 0 Å². The summed E-state index contributed by atoms with van der Waals surface area (Å²) in [6.07, 6.45) is 0.254. The lowest BCUT2D eigenvalue weighted by Crippen LogP contribution is -2.16. The molecule has 0 saturated carbocycles. The number of esters is 2. The molecule has 0 atom stereocenters. The quantitative estimate of drug-likeness (QED) is 0.114. The minimum Gasteiger partial charge on any atom is -0.467 e. The third-order valence-corrected chi connectivity index (χ3v) is 3.81. The number of rotatable bonds is 27. The fourth-order valence-corrected chi connectivity index (χ4v) is 2.14. The summed E-state index contributed by atoms with van der Waals surface area (Å²) >= 11 is 0. The highest BCUT2D eigenvalue weighted by atomic mass is 16.6. The maximum Gasteiger partial charge on any atom is 0.331 e. The van der Waals surface area contributed by atoms with Crippen LogP contribution >= 0.6 is 0 Å². The van der Waals surface area contributed by atoms with Gasteiger partial charge in [0.05, 0.1) is 119 Å². The molecule has 0 fully saturated rings. The number of hydrogen-bond donors (Lipinski definition) is 0. The van der Waals surface area contributed by atoms with Gasteiger partial charge in [-0.2, -0.15) is 0 Å². The number of methoxy groups -OCH3 is 1. The van der Waals surface area contributed by atoms with Crippen LogP contribution in [0.4, 0.5) is 0 Å². The van der Waals surface area contributed by atoms with Gasteiger partial charge in [-0.25, -0.2) is 4.79 Å². The van der Waals surface area contributed by atoms with Crippen molar-refractivity contribution in [1.29, 1.82) is 0 Å². The maximum atomic E-state index is 11.1. The van der Waals surface area contributed by atoms with Crippen molar-refractivity contribution >= 4 is 11.9 Å². The smallest absolute Gasteiger partial charge is 0.331 e. The van der Waals surface area contributed by atoms with Gasteiger partial charge < -0.3 is 47.4 Å². The second kappa shape index (κ2) is 27.9. The van der Waals surface area contributed by atoms with Crippen LogP contribution in [0.3, 0.4) is 0 Å². The lowest BCUT2D eigenvalue weighted by Gasteiger charge is -2.08. The highest BCUT2D eigenvalue weighted by Crippen LogP contribution is 1.89. The second-order valence-electron chi connectivity index (χ2n) is 6.47. The van der Waals surface area contributed by atoms with Crippen molar-refractivity contribution < 1.29 is 57.0 Å². The highest BCUT2D eigenvalue weighted by Gasteiger charge is 2.01. The average molecular weight is 499 g/mol. The topological polar surface area (TPSA) is 126 Å². The van der Waals surface area contributed by atoms with E-state index >= 15 is 0 Å². The van der Waals surface area contributed by atoms with Gasteiger partial charge >= 0.3 is 11.9 Å². The Hall–Kier alpha value is -1.38. The van der Waals surface area contributed by atoms with Crippen LogP contribution in [0.1, 0.15) is 13.3 Å². The van der Waals surface area contributed by atoms with Crippen LogP contribution in [0.25, 0.3) is 0 Å². The molecular weight excluding hydrogens is 456 g/mol. The molecule has 0 aliphatic heterocycles. The van der Waals surface area contributed by atoms with Gasteiger partial charge in [0.2, 0.25) is 0 Å². The van der Waals surface area contributed by atoms with E-state index in [1.54, 1.807) is 6.92 Å². The number of ether oxygens (including phenoxy) is 10. The predicted molar refractivity (Wildman–Crippen MR) is 120 cm³/mol. The van der Waals surface area contributed by atoms with Crippen molar-refractivity contribution in [2.24, 2.45) is 0 Å². The van der Waals surface area contributed by atoms with Crippen LogP contribution in [-0.2, 0) is 57.0 Å². The minimum absolute atomic E-state index is 0.0711. The molecule has 0 aromatic rings. The summed E-state index contributed by atoms with van der Waals surface area (Å²) in [7, 11) is 1.31. The molecule has 202 valence electrons. The number of hydrogen-bond acceptors (Lipinski definition) is 12. The Kier molecular flexibility index (Phi) is 26.7. The molecule has 12 nitrogen and oxygen atoms in total. The van der Waals surface area contributed by atoms with Gasteiger partial charge in [0.25, 0.3) is 0 Å². The SMILES string of the molecule is CCOC(=O)CCOCCOCCOCCOCCOCCOCCOCCOCC(=O)OC. The van der Waals surface area contributed by atoms with Gasteiger partial charge in [-0.15, -0.1) is 0 Å². The summed E-state index contributed by atoms with van der Waals surface area (Å²) < 4.78 is 51.8. The van der Waals surface area contributed by atoms with E-state index in [9.17, 15) is 9.59 Å². The number of carbonyl (C=O) groups is 2. The van der Waals surface area contributed by atoms with E-state index in [4.69, 9.17) is 42.6 Å². The van der Waals surface area contributed by atoms with Crippen molar-refractivity contribution in [3.8, 4) is 0 Å². The molecule has 0 bridgehead atoms. The third-order valence-electron chi connectivity index (χ3n) is 3.81. The lowest BCUT2D eigenvalue weighted by molar-refractivity contribution is -0.146. The Bertz CT molecular complexity index is 450. The van der Waals surface area contributed by atoms with E-state index in [1.807, 2.05) is 0 Å². The largest absolute Gasteiger partial charge is 0.467 e. The van der Waals surface area contributed by atoms with Crippen LogP contribution in [-0.4, -0.2) is 131 Å². The van der Waals surface area contributed by atoms with Crippen molar-refractivity contribution in [3.05, 3.63) is 0 Å². The molecule has 0 amide bonds. The van der Waals surface area contributed by atoms with E-state index < -0.39 is 5.97 Å². The third kappa shape index (κ3) is 26.9. The molecule has 0 N–H and O–H groups in total. The molecule has 0 saturated heterocycles. The molecule has 0 aromatic heterocycles. The fourth-order valence-electron chi connectivity index (χ4n) is 2.14. The first-order valence-corrected chi connectivity index (χ1v) is 11.5. The van der Waals surface area contributed by atoms with Gasteiger partial charge in [0, 0.05) is 0 Å². The van der Waals surface area contributed by atoms with Crippen molar-refractivity contribution in [2.75, 3.05) is 119 Å². The Morgan fingerprint density at radius 3 is 1.12 bits per heavy atom. The zero-order valence-corrected chi connectivity index (χ0v) is 20.6. The summed E-state index contributed by atoms with van der Waals surface area (Å²) in [5.41, 5.74) is 0. The molecule has 12 heteroatoms. The molecule has 0 aliphatic carbocycles. The van der Waals surface area contributed by atoms with E-state index in [1.165, 1.54) is 7.11 Å². The van der Waals surface area contributed by atoms with Gasteiger partial charge in [0.1, 0.15) is 6.61 Å². The van der Waals surface area contributed by atoms with Crippen molar-refractivity contribution in [3.63, 3.8) is 0 Å². The zero-order chi connectivity index (χ0) is 25.0. The molecule has 0 rings (SSSR count). The molecule has 0 radical (unpaired) electrons. The standard InChI is InChI=1S/C22H42O12/c1-3-34-21(23)4-5-26-6-7-27-8-9-28-10-11-29-12-13-30-14-15-31-16-17-32-18-19-33-20-22(24)25-2/h3-20H2,1-2H3. The average Bonchev–Trinajstić information content (AvgIpc) is 2.84. The number of carbonyl (C=O) groups excluding carboxylic acids is 2. The Balaban J connectivity index is 3.06. The first-order chi connectivity index (χ1) is 16.7. The normalized spacial score (nSPS) is 11.0.